The summed E-state index contributed by atoms with van der Waals surface area (Å²) in [6.45, 7) is -0.0519. The number of imide groups is 1. The number of esters is 1. The monoisotopic (exact) mass is 643 g/mol. The molecular weight excluding hydrogens is 626 g/mol. The second kappa shape index (κ2) is 11.5. The molecule has 2 aromatic carbocycles. The molecule has 3 amide bonds. The lowest BCUT2D eigenvalue weighted by Crippen LogP contribution is -2.30. The molecule has 1 N–H and O–H groups in total. The zero-order valence-corrected chi connectivity index (χ0v) is 23.2. The van der Waals surface area contributed by atoms with E-state index in [0.29, 0.717) is 37.1 Å². The first-order valence-corrected chi connectivity index (χ1v) is 12.5. The number of nitriles is 1. The number of benzene rings is 2. The summed E-state index contributed by atoms with van der Waals surface area (Å²) in [5.74, 6) is -0.302. The van der Waals surface area contributed by atoms with Crippen LogP contribution in [0.2, 0.25) is 0 Å². The molecule has 0 saturated carbocycles. The average molecular weight is 645 g/mol. The number of halogens is 2. The van der Waals surface area contributed by atoms with Crippen molar-refractivity contribution in [2.75, 3.05) is 14.2 Å². The molecule has 1 aliphatic heterocycles. The molecule has 0 atom stereocenters. The molecule has 38 heavy (non-hydrogen) atoms. The second-order valence-corrected chi connectivity index (χ2v) is 9.41. The van der Waals surface area contributed by atoms with Crippen LogP contribution in [0.1, 0.15) is 33.0 Å². The largest absolute Gasteiger partial charge is 0.493 e. The first kappa shape index (κ1) is 27.0. The number of hydrogen-bond acceptors (Lipinski definition) is 8. The third-order valence-electron chi connectivity index (χ3n) is 5.51. The molecule has 12 heteroatoms. The molecule has 0 spiro atoms. The Hall–Kier alpha value is -4.08. The van der Waals surface area contributed by atoms with E-state index < -0.39 is 17.9 Å². The topological polar surface area (TPSA) is 131 Å². The fraction of sp³-hybridized carbons (Fsp3) is 0.154. The van der Waals surface area contributed by atoms with Gasteiger partial charge in [-0.1, -0.05) is 18.2 Å². The molecule has 3 aromatic rings. The van der Waals surface area contributed by atoms with Crippen molar-refractivity contribution in [2.24, 2.45) is 0 Å². The van der Waals surface area contributed by atoms with E-state index in [0.717, 1.165) is 4.90 Å². The van der Waals surface area contributed by atoms with Gasteiger partial charge >= 0.3 is 12.0 Å². The summed E-state index contributed by atoms with van der Waals surface area (Å²) in [6.07, 6.45) is 1.49. The quantitative estimate of drug-likeness (QED) is 0.203. The third-order valence-corrected chi connectivity index (χ3v) is 7.65. The van der Waals surface area contributed by atoms with Crippen molar-refractivity contribution in [3.63, 3.8) is 0 Å². The zero-order valence-electron chi connectivity index (χ0n) is 20.0. The fourth-order valence-corrected chi connectivity index (χ4v) is 4.55. The number of hydrogen-bond donors (Lipinski definition) is 1. The predicted octanol–water partition coefficient (Wildman–Crippen LogP) is 5.14. The summed E-state index contributed by atoms with van der Waals surface area (Å²) in [5, 5.41) is 11.9. The maximum absolute atomic E-state index is 13.0. The van der Waals surface area contributed by atoms with Gasteiger partial charge in [0, 0.05) is 10.0 Å². The van der Waals surface area contributed by atoms with Crippen molar-refractivity contribution >= 4 is 55.8 Å². The van der Waals surface area contributed by atoms with Crippen LogP contribution in [0.4, 0.5) is 4.79 Å². The first-order chi connectivity index (χ1) is 18.3. The lowest BCUT2D eigenvalue weighted by atomic mass is 10.1. The van der Waals surface area contributed by atoms with Crippen LogP contribution >= 0.6 is 31.9 Å². The van der Waals surface area contributed by atoms with Gasteiger partial charge in [0.05, 0.1) is 36.9 Å². The molecule has 1 aliphatic rings. The highest BCUT2D eigenvalue weighted by molar-refractivity contribution is 9.13. The summed E-state index contributed by atoms with van der Waals surface area (Å²) in [4.78, 5) is 38.1. The van der Waals surface area contributed by atoms with Crippen LogP contribution in [0.3, 0.4) is 0 Å². The van der Waals surface area contributed by atoms with Gasteiger partial charge in [-0.05, 0) is 67.8 Å². The highest BCUT2D eigenvalue weighted by atomic mass is 79.9. The van der Waals surface area contributed by atoms with E-state index in [-0.39, 0.29) is 30.4 Å². The van der Waals surface area contributed by atoms with Gasteiger partial charge < -0.3 is 23.9 Å². The second-order valence-electron chi connectivity index (χ2n) is 7.82. The van der Waals surface area contributed by atoms with E-state index in [2.05, 4.69) is 48.0 Å². The lowest BCUT2D eigenvalue weighted by Gasteiger charge is -2.16. The predicted molar refractivity (Wildman–Crippen MR) is 141 cm³/mol. The Bertz CT molecular complexity index is 1510. The number of rotatable bonds is 8. The minimum Gasteiger partial charge on any atom is -0.493 e. The number of furan rings is 1. The van der Waals surface area contributed by atoms with Crippen LogP contribution in [0.25, 0.3) is 6.08 Å². The molecule has 0 bridgehead atoms. The molecule has 0 unspecified atom stereocenters. The van der Waals surface area contributed by atoms with Crippen molar-refractivity contribution in [1.29, 1.82) is 5.26 Å². The van der Waals surface area contributed by atoms with E-state index in [9.17, 15) is 19.6 Å². The zero-order chi connectivity index (χ0) is 27.4. The van der Waals surface area contributed by atoms with Crippen LogP contribution in [-0.4, -0.2) is 37.0 Å². The van der Waals surface area contributed by atoms with Crippen molar-refractivity contribution in [1.82, 2.24) is 10.2 Å². The molecule has 0 aliphatic carbocycles. The molecule has 10 nitrogen and oxygen atoms in total. The maximum Gasteiger partial charge on any atom is 0.373 e. The number of amides is 3. The number of nitrogens with one attached hydrogen (secondary N) is 1. The molecular formula is C26H19Br2N3O7. The van der Waals surface area contributed by atoms with Crippen molar-refractivity contribution in [3.8, 4) is 17.6 Å². The summed E-state index contributed by atoms with van der Waals surface area (Å²) >= 11 is 7.01. The van der Waals surface area contributed by atoms with Gasteiger partial charge in [0.15, 0.2) is 11.5 Å². The Morgan fingerprint density at radius 3 is 2.63 bits per heavy atom. The minimum atomic E-state index is -0.667. The van der Waals surface area contributed by atoms with Crippen molar-refractivity contribution in [3.05, 3.63) is 85.3 Å². The van der Waals surface area contributed by atoms with Crippen LogP contribution in [0.5, 0.6) is 11.5 Å². The molecule has 1 aromatic heterocycles. The summed E-state index contributed by atoms with van der Waals surface area (Å²) in [7, 11) is 2.69. The van der Waals surface area contributed by atoms with Crippen molar-refractivity contribution < 1.29 is 33.0 Å². The van der Waals surface area contributed by atoms with Gasteiger partial charge in [-0.25, -0.2) is 9.59 Å². The van der Waals surface area contributed by atoms with Gasteiger partial charge in [0.1, 0.15) is 18.1 Å². The van der Waals surface area contributed by atoms with Gasteiger partial charge in [0.2, 0.25) is 5.76 Å². The van der Waals surface area contributed by atoms with E-state index in [1.54, 1.807) is 24.3 Å². The molecule has 0 radical (unpaired) electrons. The Balaban J connectivity index is 1.57. The number of methoxy groups -OCH3 is 2. The van der Waals surface area contributed by atoms with Crippen LogP contribution in [0.15, 0.2) is 61.5 Å². The Morgan fingerprint density at radius 1 is 1.16 bits per heavy atom. The highest BCUT2D eigenvalue weighted by Gasteiger charge is 2.35. The van der Waals surface area contributed by atoms with E-state index in [1.807, 2.05) is 6.07 Å². The summed E-state index contributed by atoms with van der Waals surface area (Å²) in [5.41, 5.74) is 1.76. The van der Waals surface area contributed by atoms with Gasteiger partial charge in [-0.15, -0.1) is 0 Å². The number of nitrogens with zero attached hydrogens (tertiary/aromatic N) is 2. The fourth-order valence-electron chi connectivity index (χ4n) is 3.60. The number of carbonyl (C=O) groups is 3. The Kier molecular flexibility index (Phi) is 8.19. The molecule has 4 rings (SSSR count). The number of urea groups is 1. The minimum absolute atomic E-state index is 0.0287. The average Bonchev–Trinajstić information content (AvgIpc) is 3.50. The first-order valence-electron chi connectivity index (χ1n) is 11.0. The van der Waals surface area contributed by atoms with E-state index in [4.69, 9.17) is 13.9 Å². The van der Waals surface area contributed by atoms with E-state index >= 15 is 0 Å². The molecule has 1 fully saturated rings. The van der Waals surface area contributed by atoms with Crippen molar-refractivity contribution in [2.45, 2.75) is 13.2 Å². The van der Waals surface area contributed by atoms with Crippen LogP contribution < -0.4 is 14.8 Å². The Labute approximate surface area is 234 Å². The SMILES string of the molecule is COC(=O)c1ccc(CN2C(=O)N/C(=C\c3cc(OC)c(OCc4ccccc4C#N)c(Br)c3Br)C2=O)o1. The lowest BCUT2D eigenvalue weighted by molar-refractivity contribution is -0.123. The number of ether oxygens (including phenoxy) is 3. The summed E-state index contributed by atoms with van der Waals surface area (Å²) in [6, 6.07) is 13.1. The van der Waals surface area contributed by atoms with E-state index in [1.165, 1.54) is 32.4 Å². The highest BCUT2D eigenvalue weighted by Crippen LogP contribution is 2.44. The van der Waals surface area contributed by atoms with Crippen LogP contribution in [0, 0.1) is 11.3 Å². The normalized spacial score (nSPS) is 13.9. The maximum atomic E-state index is 13.0. The molecule has 2 heterocycles. The number of carbonyl (C=O) groups excluding carboxylic acids is 3. The summed E-state index contributed by atoms with van der Waals surface area (Å²) < 4.78 is 22.5. The smallest absolute Gasteiger partial charge is 0.373 e. The van der Waals surface area contributed by atoms with Gasteiger partial charge in [-0.2, -0.15) is 5.26 Å². The van der Waals surface area contributed by atoms with Crippen LogP contribution in [-0.2, 0) is 22.7 Å². The molecule has 194 valence electrons. The standard InChI is InChI=1S/C26H19Br2N3O7/c1-35-20-10-16(21(27)22(28)23(20)37-13-15-6-4-3-5-14(15)11-29)9-18-24(32)31(26(34)30-18)12-17-7-8-19(38-17)25(33)36-2/h3-10H,12-13H2,1-2H3,(H,30,34)/b18-9-. The third kappa shape index (κ3) is 5.44. The van der Waals surface area contributed by atoms with Gasteiger partial charge in [-0.3, -0.25) is 9.69 Å². The van der Waals surface area contributed by atoms with Gasteiger partial charge in [0.25, 0.3) is 5.91 Å². The Morgan fingerprint density at radius 2 is 1.92 bits per heavy atom. The molecule has 1 saturated heterocycles.